The molecule has 2 nitrogen and oxygen atoms in total. The summed E-state index contributed by atoms with van der Waals surface area (Å²) in [6.45, 7) is 0. The maximum Gasteiger partial charge on any atom is 0 e. The summed E-state index contributed by atoms with van der Waals surface area (Å²) < 4.78 is 13.0. The van der Waals surface area contributed by atoms with E-state index in [0.717, 1.165) is 53.8 Å². The molecule has 3 heterocycles. The number of hydrogen-bond donors (Lipinski definition) is 0. The largest absolute Gasteiger partial charge is 0 e. The summed E-state index contributed by atoms with van der Waals surface area (Å²) >= 11 is 0.0985. The fourth-order valence-corrected chi connectivity index (χ4v) is 9.77. The van der Waals surface area contributed by atoms with Gasteiger partial charge in [-0.2, -0.15) is 11.3 Å². The third kappa shape index (κ3) is 7.74. The summed E-state index contributed by atoms with van der Waals surface area (Å²) in [6, 6.07) is 44.6. The molecular weight excluding hydrogens is 841 g/mol. The topological polar surface area (TPSA) is 25.8 Å². The first-order valence-electron chi connectivity index (χ1n) is 17.1. The molecule has 1 saturated carbocycles. The molecule has 0 amide bonds. The smallest absolute Gasteiger partial charge is 0 e. The Kier molecular flexibility index (Phi) is 10.6. The van der Waals surface area contributed by atoms with Gasteiger partial charge in [-0.15, -0.1) is 23.8 Å². The Hall–Kier alpha value is -3.41. The molecule has 1 radical (unpaired) electrons. The van der Waals surface area contributed by atoms with Crippen molar-refractivity contribution in [3.8, 4) is 33.6 Å². The first kappa shape index (κ1) is 33.1. The fourth-order valence-electron chi connectivity index (χ4n) is 6.35. The predicted octanol–water partition coefficient (Wildman–Crippen LogP) is 11.7. The molecular formula is C43H40GeIrN2S-2. The van der Waals surface area contributed by atoms with Crippen LogP contribution in [0.25, 0.3) is 53.8 Å². The Morgan fingerprint density at radius 1 is 0.729 bits per heavy atom. The number of hydrogen-bond acceptors (Lipinski definition) is 3. The quantitative estimate of drug-likeness (QED) is 0.127. The van der Waals surface area contributed by atoms with Crippen LogP contribution in [-0.4, -0.2) is 23.2 Å². The molecule has 0 unspecified atom stereocenters. The Bertz CT molecular complexity index is 2150. The monoisotopic (exact) mass is 884 g/mol. The van der Waals surface area contributed by atoms with Gasteiger partial charge in [-0.1, -0.05) is 78.7 Å². The van der Waals surface area contributed by atoms with E-state index in [9.17, 15) is 0 Å². The molecule has 8 rings (SSSR count). The van der Waals surface area contributed by atoms with Crippen molar-refractivity contribution < 1.29 is 21.5 Å². The van der Waals surface area contributed by atoms with Crippen LogP contribution in [0.5, 0.6) is 0 Å². The molecule has 0 atom stereocenters. The van der Waals surface area contributed by atoms with E-state index in [4.69, 9.17) is 6.35 Å². The van der Waals surface area contributed by atoms with Crippen molar-refractivity contribution in [3.63, 3.8) is 0 Å². The minimum atomic E-state index is -1.72. The van der Waals surface area contributed by atoms with Crippen molar-refractivity contribution in [2.45, 2.75) is 55.3 Å². The summed E-state index contributed by atoms with van der Waals surface area (Å²) in [5.41, 5.74) is 7.63. The Morgan fingerprint density at radius 3 is 2.27 bits per heavy atom. The second kappa shape index (κ2) is 15.4. The van der Waals surface area contributed by atoms with Gasteiger partial charge in [-0.25, -0.2) is 0 Å². The van der Waals surface area contributed by atoms with Crippen molar-refractivity contribution in [1.82, 2.24) is 9.97 Å². The van der Waals surface area contributed by atoms with Gasteiger partial charge < -0.3 is 4.98 Å². The molecule has 1 aliphatic carbocycles. The van der Waals surface area contributed by atoms with E-state index >= 15 is 0 Å². The molecule has 0 N–H and O–H groups in total. The van der Waals surface area contributed by atoms with Crippen molar-refractivity contribution >= 4 is 49.2 Å². The Balaban J connectivity index is 0.000000208. The van der Waals surface area contributed by atoms with E-state index in [1.165, 1.54) is 42.1 Å². The zero-order valence-corrected chi connectivity index (χ0v) is 33.0. The molecule has 7 aromatic rings. The molecule has 3 aromatic heterocycles. The second-order valence-electron chi connectivity index (χ2n) is 13.3. The maximum atomic E-state index is 9.04. The summed E-state index contributed by atoms with van der Waals surface area (Å²) in [7, 11) is 0. The predicted molar refractivity (Wildman–Crippen MR) is 204 cm³/mol. The van der Waals surface area contributed by atoms with Crippen LogP contribution in [-0.2, 0) is 20.1 Å². The molecule has 0 aliphatic heterocycles. The minimum absolute atomic E-state index is 0. The summed E-state index contributed by atoms with van der Waals surface area (Å²) in [4.78, 5) is 9.24. The Morgan fingerprint density at radius 2 is 1.54 bits per heavy atom. The van der Waals surface area contributed by atoms with E-state index < -0.39 is 19.2 Å². The van der Waals surface area contributed by atoms with E-state index in [1.807, 2.05) is 60.1 Å². The fraction of sp³-hybridized carbons (Fsp3) is 0.209. The number of pyridine rings is 2. The van der Waals surface area contributed by atoms with Crippen molar-refractivity contribution in [2.24, 2.45) is 0 Å². The molecule has 0 spiro atoms. The van der Waals surface area contributed by atoms with E-state index in [-0.39, 0.29) is 20.1 Å². The maximum absolute atomic E-state index is 9.04. The second-order valence-corrected chi connectivity index (χ2v) is 25.0. The van der Waals surface area contributed by atoms with Crippen molar-refractivity contribution in [2.75, 3.05) is 0 Å². The van der Waals surface area contributed by atoms with Gasteiger partial charge in [0.1, 0.15) is 0 Å². The molecule has 243 valence electrons. The number of benzene rings is 4. The van der Waals surface area contributed by atoms with E-state index in [2.05, 4.69) is 107 Å². The molecule has 4 aromatic carbocycles. The Labute approximate surface area is 306 Å². The van der Waals surface area contributed by atoms with Gasteiger partial charge in [-0.3, -0.25) is 0 Å². The summed E-state index contributed by atoms with van der Waals surface area (Å²) in [5.74, 6) is 6.66. The normalized spacial score (nSPS) is 14.4. The number of rotatable bonds is 5. The number of fused-ring (bicyclic) bond motifs is 3. The molecule has 1 aliphatic rings. The van der Waals surface area contributed by atoms with Crippen LogP contribution >= 0.6 is 11.3 Å². The van der Waals surface area contributed by atoms with E-state index in [1.54, 1.807) is 0 Å². The first-order chi connectivity index (χ1) is 23.3. The SMILES string of the molecule is [2H]C1(c2ccnc(-c3[c-]ccc4c3sc3cc(-c5ccccc5)ccc34)c2)CCCCC1.[CH3][Ge]([CH3])([CH3])[c]1ccc(-c2[c-]cccc2)nc1.[Ir]. The average molecular weight is 883 g/mol. The third-order valence-corrected chi connectivity index (χ3v) is 14.5. The summed E-state index contributed by atoms with van der Waals surface area (Å²) in [6.07, 6.45) is 9.33. The van der Waals surface area contributed by atoms with E-state index in [0.29, 0.717) is 0 Å². The summed E-state index contributed by atoms with van der Waals surface area (Å²) in [5, 5.41) is 2.53. The molecule has 0 bridgehead atoms. The van der Waals surface area contributed by atoms with Crippen LogP contribution in [0.3, 0.4) is 0 Å². The number of nitrogens with zero attached hydrogens (tertiary/aromatic N) is 2. The van der Waals surface area contributed by atoms with Gasteiger partial charge in [0, 0.05) is 32.4 Å². The van der Waals surface area contributed by atoms with Crippen LogP contribution in [0.2, 0.25) is 17.3 Å². The molecule has 48 heavy (non-hydrogen) atoms. The first-order valence-corrected chi connectivity index (χ1v) is 24.8. The number of thiophene rings is 1. The molecule has 5 heteroatoms. The van der Waals surface area contributed by atoms with Crippen LogP contribution in [0, 0.1) is 12.1 Å². The van der Waals surface area contributed by atoms with Crippen LogP contribution < -0.4 is 4.40 Å². The third-order valence-electron chi connectivity index (χ3n) is 9.04. The van der Waals surface area contributed by atoms with Crippen LogP contribution in [0.15, 0.2) is 122 Å². The van der Waals surface area contributed by atoms with Crippen molar-refractivity contribution in [1.29, 1.82) is 0 Å². The van der Waals surface area contributed by atoms with Gasteiger partial charge in [0.05, 0.1) is 0 Å². The van der Waals surface area contributed by atoms with Gasteiger partial charge in [-0.05, 0) is 57.8 Å². The minimum Gasteiger partial charge on any atom is 0 e. The van der Waals surface area contributed by atoms with Gasteiger partial charge in [0.25, 0.3) is 0 Å². The van der Waals surface area contributed by atoms with Gasteiger partial charge in [0.2, 0.25) is 0 Å². The molecule has 0 saturated heterocycles. The molecule has 1 fully saturated rings. The van der Waals surface area contributed by atoms with Gasteiger partial charge >= 0.3 is 99.8 Å². The van der Waals surface area contributed by atoms with Gasteiger partial charge in [0.15, 0.2) is 0 Å². The van der Waals surface area contributed by atoms with Crippen LogP contribution in [0.1, 0.15) is 44.9 Å². The number of aromatic nitrogens is 2. The van der Waals surface area contributed by atoms with Crippen molar-refractivity contribution in [3.05, 3.63) is 139 Å². The zero-order chi connectivity index (χ0) is 33.1. The standard InChI is InChI=1S/C29H24NS.C14H16GeN.Ir/c1-3-8-20(9-4-1)22-14-15-24-25-12-7-13-26(29(25)31-28(24)19-22)27-18-23(16-17-30-27)21-10-5-2-6-11-21;1-15(2,3)13-9-10-14(16-11-13)12-7-5-4-6-8-12;/h1,3-4,7-9,12,14-19,21H,2,5-6,10-11H2;4-7,9-11H,1-3H3;/q2*-1;/i21D;;. The zero-order valence-electron chi connectivity index (χ0n) is 28.7. The van der Waals surface area contributed by atoms with Crippen LogP contribution in [0.4, 0.5) is 0 Å². The average Bonchev–Trinajstić information content (AvgIpc) is 3.51.